The van der Waals surface area contributed by atoms with Gasteiger partial charge < -0.3 is 124 Å². The molecular formula is C91H124N20O23S. The van der Waals surface area contributed by atoms with Gasteiger partial charge in [-0.1, -0.05) is 88.1 Å². The van der Waals surface area contributed by atoms with Gasteiger partial charge in [0.1, 0.15) is 78.3 Å². The number of aliphatic hydroxyl groups excluding tert-OH is 2. The Labute approximate surface area is 782 Å². The molecule has 0 saturated carbocycles. The number of likely N-dealkylation sites (N-methyl/N-ethyl adjacent to an activating group) is 3. The second kappa shape index (κ2) is 50.7. The number of carboxylic acids is 2. The van der Waals surface area contributed by atoms with Crippen molar-refractivity contribution in [2.24, 2.45) is 17.4 Å². The van der Waals surface area contributed by atoms with Crippen molar-refractivity contribution in [3.05, 3.63) is 120 Å². The summed E-state index contributed by atoms with van der Waals surface area (Å²) in [5.74, 6) is -21.3. The Balaban J connectivity index is 1.10. The van der Waals surface area contributed by atoms with Crippen molar-refractivity contribution in [3.63, 3.8) is 0 Å². The van der Waals surface area contributed by atoms with Crippen molar-refractivity contribution in [2.75, 3.05) is 65.4 Å². The number of aliphatic hydroxyl groups is 2. The van der Waals surface area contributed by atoms with E-state index in [1.54, 1.807) is 67.8 Å². The van der Waals surface area contributed by atoms with Gasteiger partial charge in [-0.25, -0.2) is 4.98 Å². The minimum atomic E-state index is -1.92. The number of rotatable bonds is 27. The van der Waals surface area contributed by atoms with Crippen molar-refractivity contribution in [3.8, 4) is 5.75 Å². The highest BCUT2D eigenvalue weighted by molar-refractivity contribution is 8.00. The quantitative estimate of drug-likeness (QED) is 0.0260. The number of amides is 15. The van der Waals surface area contributed by atoms with Crippen LogP contribution < -0.4 is 59.3 Å². The van der Waals surface area contributed by atoms with Crippen molar-refractivity contribution >= 4 is 140 Å². The fourth-order valence-corrected chi connectivity index (χ4v) is 17.7. The van der Waals surface area contributed by atoms with Crippen molar-refractivity contribution in [1.82, 2.24) is 92.3 Å². The number of fused-ring (bicyclic) bond motifs is 4. The van der Waals surface area contributed by atoms with Gasteiger partial charge >= 0.3 is 11.9 Å². The number of phenolic OH excluding ortho intramolecular Hbond substituents is 1. The van der Waals surface area contributed by atoms with E-state index in [0.29, 0.717) is 75.9 Å². The van der Waals surface area contributed by atoms with Crippen LogP contribution in [0.15, 0.2) is 97.7 Å². The standard InChI is InChI=1S/C91H124N20O23S/c1-7-9-23-70-85(128)100-62(30-31-77(118)119)82(125)106-69(81(124)97-44-75(93)116)47-135-48-76(117)99-65(34-51-26-28-56(113)29-27-51)87(130)107(4)50(3)79(122)103-67(40-78(120)121)90(133)110-33-17-25-71(110)86(129)102-64(38-55-43-94-49-98-55)83(126)101-63(22-15-16-32-92)89(132)111-45-57(114)39-73(111)74(115)37-52(35-53-41-95-60-20-13-11-18-58(53)60)80(123)105-68(46-112)84(127)104-66(36-54-42-96-61-21-14-12-19-59(54)61)88(131)109(6)72(24-10-8-2)91(134)108(70)5/h11-14,18-21,26-29,41-43,49-50,52,57,62-73,95-96,112-114H,7-10,15-17,22-25,30-40,44-48,92H2,1-6H3,(H2,93,116)(H,94,98)(H,97,124)(H,99,117)(H,100,128)(H,101,126)(H,102,129)(H,103,122)(H,104,127)(H,105,123)(H,106,125)(H,118,119)(H,120,121)/t50-,52+,57+,62-,63-,64-,65-,66-,67-,68-,69-,70-,71-,72-,73-/m0/s1. The minimum absolute atomic E-state index is 0.0446. The van der Waals surface area contributed by atoms with Gasteiger partial charge in [-0.2, -0.15) is 0 Å². The number of primary amides is 1. The largest absolute Gasteiger partial charge is 0.508 e. The Bertz CT molecular complexity index is 5210. The molecular weight excluding hydrogens is 1770 g/mol. The first-order valence-electron chi connectivity index (χ1n) is 45.2. The Morgan fingerprint density at radius 1 is 0.556 bits per heavy atom. The highest BCUT2D eigenvalue weighted by Gasteiger charge is 2.47. The lowest BCUT2D eigenvalue weighted by Gasteiger charge is -2.36. The van der Waals surface area contributed by atoms with Crippen LogP contribution in [0.25, 0.3) is 21.8 Å². The molecule has 9 rings (SSSR count). The number of ketones is 1. The smallest absolute Gasteiger partial charge is 0.305 e. The topological polar surface area (TPSA) is 645 Å². The number of thioether (sulfide) groups is 1. The third-order valence-corrected chi connectivity index (χ3v) is 25.5. The lowest BCUT2D eigenvalue weighted by atomic mass is 9.90. The van der Waals surface area contributed by atoms with Crippen LogP contribution in [0.1, 0.15) is 146 Å². The van der Waals surface area contributed by atoms with E-state index < -0.39 is 254 Å². The molecule has 21 N–H and O–H groups in total. The van der Waals surface area contributed by atoms with E-state index in [4.69, 9.17) is 11.5 Å². The van der Waals surface area contributed by atoms with Crippen molar-refractivity contribution < 1.29 is 112 Å². The maximum absolute atomic E-state index is 15.7. The number of aromatic nitrogens is 4. The molecule has 3 aliphatic rings. The van der Waals surface area contributed by atoms with Gasteiger partial charge in [0.2, 0.25) is 88.6 Å². The number of carboxylic acid groups (broad SMARTS) is 2. The number of nitrogens with zero attached hydrogens (tertiary/aromatic N) is 6. The van der Waals surface area contributed by atoms with Crippen LogP contribution in [0.4, 0.5) is 0 Å². The highest BCUT2D eigenvalue weighted by Crippen LogP contribution is 2.30. The van der Waals surface area contributed by atoms with Gasteiger partial charge in [-0.15, -0.1) is 11.8 Å². The Morgan fingerprint density at radius 2 is 1.13 bits per heavy atom. The lowest BCUT2D eigenvalue weighted by molar-refractivity contribution is -0.149. The number of aromatic hydroxyl groups is 1. The van der Waals surface area contributed by atoms with Crippen LogP contribution in [0.5, 0.6) is 5.75 Å². The summed E-state index contributed by atoms with van der Waals surface area (Å²) < 4.78 is 0. The predicted molar refractivity (Wildman–Crippen MR) is 491 cm³/mol. The molecule has 732 valence electrons. The molecule has 15 atom stereocenters. The van der Waals surface area contributed by atoms with Gasteiger partial charge in [0.25, 0.3) is 0 Å². The summed E-state index contributed by atoms with van der Waals surface area (Å²) in [6.45, 7) is 2.47. The molecule has 43 nitrogen and oxygen atoms in total. The Kier molecular flexibility index (Phi) is 39.5. The number of benzene rings is 3. The number of aromatic amines is 3. The normalized spacial score (nSPS) is 24.8. The number of imidazole rings is 1. The molecule has 0 aliphatic carbocycles. The second-order valence-electron chi connectivity index (χ2n) is 34.3. The summed E-state index contributed by atoms with van der Waals surface area (Å²) in [5.41, 5.74) is 14.2. The Morgan fingerprint density at radius 3 is 1.76 bits per heavy atom. The molecule has 3 aromatic carbocycles. The van der Waals surface area contributed by atoms with E-state index in [0.717, 1.165) is 24.5 Å². The number of aliphatic carboxylic acids is 2. The first kappa shape index (κ1) is 105. The molecule has 3 saturated heterocycles. The maximum atomic E-state index is 15.7. The molecule has 44 heteroatoms. The number of para-hydroxylation sites is 2. The van der Waals surface area contributed by atoms with E-state index in [-0.39, 0.29) is 102 Å². The number of nitrogens with two attached hydrogens (primary N) is 2. The molecule has 6 heterocycles. The molecule has 0 radical (unpaired) electrons. The first-order chi connectivity index (χ1) is 64.4. The van der Waals surface area contributed by atoms with Crippen LogP contribution in [0.2, 0.25) is 0 Å². The highest BCUT2D eigenvalue weighted by atomic mass is 32.2. The van der Waals surface area contributed by atoms with Crippen LogP contribution in [-0.2, 0) is 112 Å². The molecule has 0 spiro atoms. The molecule has 15 amide bonds. The number of carbonyl (C=O) groups is 18. The summed E-state index contributed by atoms with van der Waals surface area (Å²) >= 11 is 0.697. The van der Waals surface area contributed by atoms with Gasteiger partial charge in [0, 0.05) is 125 Å². The van der Waals surface area contributed by atoms with Gasteiger partial charge in [-0.05, 0) is 112 Å². The number of phenols is 1. The predicted octanol–water partition coefficient (Wildman–Crippen LogP) is -1.55. The van der Waals surface area contributed by atoms with Crippen LogP contribution in [0.3, 0.4) is 0 Å². The van der Waals surface area contributed by atoms with Crippen LogP contribution in [-0.4, -0.2) is 326 Å². The maximum Gasteiger partial charge on any atom is 0.305 e. The summed E-state index contributed by atoms with van der Waals surface area (Å²) in [7, 11) is 3.77. The number of H-pyrrole nitrogens is 3. The Hall–Kier alpha value is -13.4. The number of hydrogen-bond acceptors (Lipinski definition) is 24. The number of hydrogen-bond donors (Lipinski definition) is 19. The number of unbranched alkanes of at least 4 members (excludes halogenated alkanes) is 3. The van der Waals surface area contributed by atoms with Crippen LogP contribution in [0, 0.1) is 5.92 Å². The fourth-order valence-electron chi connectivity index (χ4n) is 16.8. The zero-order chi connectivity index (χ0) is 98.4. The minimum Gasteiger partial charge on any atom is -0.508 e. The first-order valence-corrected chi connectivity index (χ1v) is 46.4. The summed E-state index contributed by atoms with van der Waals surface area (Å²) in [6, 6.07) is -1.48. The SMILES string of the molecule is CCCC[C@H]1C(=O)N(C)[C@@H](CCCC)C(=O)N[C@@H](CCC(=O)O)C(=O)N[C@H](C(=O)NCC(N)=O)CSCC(=O)N[C@@H](Cc2ccc(O)cc2)C(=O)N(C)[C@@H](C)C(=O)N[C@@H](CC(=O)O)C(=O)N2CCC[C@H]2C(=O)N[C@@H](Cc2c[nH]cn2)C(=O)N[C@@H](CCCCN)C(=O)N2C[C@H](O)C[C@H]2C(=O)C[C@@H](Cc2c[nH]c3ccccc23)C(=O)N[C@@H](CO)C(=O)N[C@@H](Cc2c[nH]c3ccccc23)C(=O)N1C. The average Bonchev–Trinajstić information content (AvgIpc) is 1.72. The number of Topliss-reactive ketones (excluding diaryl/α,β-unsaturated/α-hetero) is 1. The zero-order valence-electron chi connectivity index (χ0n) is 76.3. The van der Waals surface area contributed by atoms with E-state index in [1.807, 2.05) is 6.92 Å². The lowest BCUT2D eigenvalue weighted by Crippen LogP contribution is -2.61. The van der Waals surface area contributed by atoms with E-state index in [1.165, 1.54) is 64.9 Å². The van der Waals surface area contributed by atoms with Crippen LogP contribution >= 0.6 is 11.8 Å². The fraction of sp³-hybridized carbons (Fsp3) is 0.527. The molecule has 135 heavy (non-hydrogen) atoms. The van der Waals surface area contributed by atoms with Crippen molar-refractivity contribution in [1.29, 1.82) is 0 Å². The summed E-state index contributed by atoms with van der Waals surface area (Å²) in [6.07, 6.45) is 1.77. The number of nitrogens with one attached hydrogen (secondary N) is 12. The molecule has 6 aromatic rings. The third kappa shape index (κ3) is 29.3. The average molecular weight is 1900 g/mol. The van der Waals surface area contributed by atoms with E-state index in [9.17, 15) is 73.5 Å². The van der Waals surface area contributed by atoms with Gasteiger partial charge in [0.05, 0.1) is 49.5 Å². The molecule has 3 aliphatic heterocycles. The summed E-state index contributed by atoms with van der Waals surface area (Å²) in [4.78, 5) is 281. The second-order valence-corrected chi connectivity index (χ2v) is 35.3. The zero-order valence-corrected chi connectivity index (χ0v) is 77.1. The monoisotopic (exact) mass is 1900 g/mol. The summed E-state index contributed by atoms with van der Waals surface area (Å²) in [5, 5.41) is 77.7. The van der Waals surface area contributed by atoms with E-state index >= 15 is 38.4 Å². The van der Waals surface area contributed by atoms with Crippen molar-refractivity contribution in [2.45, 2.75) is 234 Å². The molecule has 0 unspecified atom stereocenters. The van der Waals surface area contributed by atoms with E-state index in [2.05, 4.69) is 67.8 Å². The van der Waals surface area contributed by atoms with Gasteiger partial charge in [-0.3, -0.25) is 86.3 Å². The third-order valence-electron chi connectivity index (χ3n) is 24.5. The molecule has 3 fully saturated rings. The van der Waals surface area contributed by atoms with Gasteiger partial charge in [0.15, 0.2) is 5.78 Å². The number of carbonyl (C=O) groups excluding carboxylic acids is 16. The molecule has 3 aromatic heterocycles. The molecule has 0 bridgehead atoms.